The van der Waals surface area contributed by atoms with Crippen LogP contribution in [0.5, 0.6) is 0 Å². The molecule has 1 aliphatic rings. The van der Waals surface area contributed by atoms with Gasteiger partial charge in [0.2, 0.25) is 0 Å². The average Bonchev–Trinajstić information content (AvgIpc) is 2.81. The SMILES string of the molecule is CC(C)N(CCNC(=O)N1CCCC1CO)C(C)C. The Bertz CT molecular complexity index is 274. The number of aliphatic hydroxyl groups excluding tert-OH is 1. The van der Waals surface area contributed by atoms with Crippen molar-refractivity contribution in [3.05, 3.63) is 0 Å². The van der Waals surface area contributed by atoms with Crippen molar-refractivity contribution in [1.29, 1.82) is 0 Å². The normalized spacial score (nSPS) is 19.8. The van der Waals surface area contributed by atoms with E-state index in [9.17, 15) is 9.90 Å². The fourth-order valence-corrected chi connectivity index (χ4v) is 2.80. The van der Waals surface area contributed by atoms with E-state index < -0.39 is 0 Å². The first-order valence-corrected chi connectivity index (χ1v) is 7.38. The highest BCUT2D eigenvalue weighted by atomic mass is 16.3. The van der Waals surface area contributed by atoms with Crippen LogP contribution in [-0.4, -0.2) is 65.3 Å². The predicted molar refractivity (Wildman–Crippen MR) is 77.2 cm³/mol. The molecule has 19 heavy (non-hydrogen) atoms. The second-order valence-electron chi connectivity index (χ2n) is 5.83. The second kappa shape index (κ2) is 7.70. The van der Waals surface area contributed by atoms with Crippen LogP contribution in [0.1, 0.15) is 40.5 Å². The van der Waals surface area contributed by atoms with Crippen molar-refractivity contribution in [2.45, 2.75) is 58.7 Å². The molecule has 0 aliphatic carbocycles. The maximum atomic E-state index is 12.0. The predicted octanol–water partition coefficient (Wildman–Crippen LogP) is 1.27. The van der Waals surface area contributed by atoms with Gasteiger partial charge in [-0.05, 0) is 40.5 Å². The van der Waals surface area contributed by atoms with Gasteiger partial charge in [-0.2, -0.15) is 0 Å². The van der Waals surface area contributed by atoms with Gasteiger partial charge in [0.25, 0.3) is 0 Å². The highest BCUT2D eigenvalue weighted by molar-refractivity contribution is 5.74. The number of aliphatic hydroxyl groups is 1. The van der Waals surface area contributed by atoms with Crippen molar-refractivity contribution in [2.75, 3.05) is 26.2 Å². The highest BCUT2D eigenvalue weighted by Gasteiger charge is 2.27. The molecule has 1 heterocycles. The molecule has 0 aromatic rings. The van der Waals surface area contributed by atoms with Crippen LogP contribution >= 0.6 is 0 Å². The van der Waals surface area contributed by atoms with E-state index in [0.717, 1.165) is 25.9 Å². The lowest BCUT2D eigenvalue weighted by atomic mass is 10.2. The van der Waals surface area contributed by atoms with E-state index in [1.54, 1.807) is 4.90 Å². The van der Waals surface area contributed by atoms with Gasteiger partial charge in [0.15, 0.2) is 0 Å². The lowest BCUT2D eigenvalue weighted by Crippen LogP contribution is -2.47. The second-order valence-corrected chi connectivity index (χ2v) is 5.83. The van der Waals surface area contributed by atoms with Crippen molar-refractivity contribution < 1.29 is 9.90 Å². The van der Waals surface area contributed by atoms with Crippen LogP contribution in [0.4, 0.5) is 4.79 Å². The van der Waals surface area contributed by atoms with Gasteiger partial charge in [0.05, 0.1) is 12.6 Å². The maximum Gasteiger partial charge on any atom is 0.317 e. The number of amides is 2. The zero-order chi connectivity index (χ0) is 14.4. The molecule has 0 aromatic heterocycles. The summed E-state index contributed by atoms with van der Waals surface area (Å²) in [6.07, 6.45) is 1.90. The highest BCUT2D eigenvalue weighted by Crippen LogP contribution is 2.16. The third-order valence-electron chi connectivity index (χ3n) is 3.82. The van der Waals surface area contributed by atoms with Crippen LogP contribution in [0, 0.1) is 0 Å². The molecule has 2 amide bonds. The summed E-state index contributed by atoms with van der Waals surface area (Å²) in [7, 11) is 0. The van der Waals surface area contributed by atoms with Crippen LogP contribution in [0.2, 0.25) is 0 Å². The van der Waals surface area contributed by atoms with E-state index in [4.69, 9.17) is 0 Å². The van der Waals surface area contributed by atoms with Gasteiger partial charge in [-0.25, -0.2) is 4.79 Å². The molecule has 0 spiro atoms. The van der Waals surface area contributed by atoms with Crippen LogP contribution in [-0.2, 0) is 0 Å². The van der Waals surface area contributed by atoms with E-state index in [1.165, 1.54) is 0 Å². The Labute approximate surface area is 117 Å². The number of hydrogen-bond donors (Lipinski definition) is 2. The first-order valence-electron chi connectivity index (χ1n) is 7.38. The smallest absolute Gasteiger partial charge is 0.317 e. The van der Waals surface area contributed by atoms with E-state index in [2.05, 4.69) is 37.9 Å². The van der Waals surface area contributed by atoms with Crippen molar-refractivity contribution in [3.63, 3.8) is 0 Å². The van der Waals surface area contributed by atoms with Crippen molar-refractivity contribution in [1.82, 2.24) is 15.1 Å². The standard InChI is InChI=1S/C14H29N3O2/c1-11(2)16(12(3)4)9-7-15-14(19)17-8-5-6-13(17)10-18/h11-13,18H,5-10H2,1-4H3,(H,15,19). The Morgan fingerprint density at radius 3 is 2.53 bits per heavy atom. The summed E-state index contributed by atoms with van der Waals surface area (Å²) in [5.74, 6) is 0. The Morgan fingerprint density at radius 2 is 2.00 bits per heavy atom. The summed E-state index contributed by atoms with van der Waals surface area (Å²) in [4.78, 5) is 16.1. The van der Waals surface area contributed by atoms with Gasteiger partial charge >= 0.3 is 6.03 Å². The third-order valence-corrected chi connectivity index (χ3v) is 3.82. The first-order chi connectivity index (χ1) is 8.97. The molecular weight excluding hydrogens is 242 g/mol. The number of urea groups is 1. The fraction of sp³-hybridized carbons (Fsp3) is 0.929. The van der Waals surface area contributed by atoms with Crippen molar-refractivity contribution in [2.24, 2.45) is 0 Å². The van der Waals surface area contributed by atoms with Gasteiger partial charge in [0, 0.05) is 31.7 Å². The molecule has 1 rings (SSSR count). The molecule has 112 valence electrons. The number of rotatable bonds is 6. The Kier molecular flexibility index (Phi) is 6.58. The third kappa shape index (κ3) is 4.66. The van der Waals surface area contributed by atoms with E-state index >= 15 is 0 Å². The largest absolute Gasteiger partial charge is 0.394 e. The summed E-state index contributed by atoms with van der Waals surface area (Å²) in [5, 5.41) is 12.2. The summed E-state index contributed by atoms with van der Waals surface area (Å²) in [5.41, 5.74) is 0. The number of carbonyl (C=O) groups excluding carboxylic acids is 1. The number of carbonyl (C=O) groups is 1. The summed E-state index contributed by atoms with van der Waals surface area (Å²) in [6.45, 7) is 11.0. The summed E-state index contributed by atoms with van der Waals surface area (Å²) < 4.78 is 0. The molecule has 0 bridgehead atoms. The van der Waals surface area contributed by atoms with Crippen LogP contribution in [0.15, 0.2) is 0 Å². The zero-order valence-corrected chi connectivity index (χ0v) is 12.7. The van der Waals surface area contributed by atoms with Gasteiger partial charge in [-0.15, -0.1) is 0 Å². The Morgan fingerprint density at radius 1 is 1.37 bits per heavy atom. The molecule has 1 atom stereocenters. The van der Waals surface area contributed by atoms with Gasteiger partial charge in [0.1, 0.15) is 0 Å². The van der Waals surface area contributed by atoms with Gasteiger partial charge in [-0.1, -0.05) is 0 Å². The molecule has 0 radical (unpaired) electrons. The minimum absolute atomic E-state index is 0.00583. The van der Waals surface area contributed by atoms with Crippen LogP contribution in [0.25, 0.3) is 0 Å². The molecule has 5 heteroatoms. The molecule has 1 unspecified atom stereocenters. The number of likely N-dealkylation sites (tertiary alicyclic amines) is 1. The minimum atomic E-state index is -0.0380. The topological polar surface area (TPSA) is 55.8 Å². The molecule has 5 nitrogen and oxygen atoms in total. The zero-order valence-electron chi connectivity index (χ0n) is 12.7. The van der Waals surface area contributed by atoms with E-state index in [1.807, 2.05) is 0 Å². The lowest BCUT2D eigenvalue weighted by molar-refractivity contribution is 0.150. The van der Waals surface area contributed by atoms with E-state index in [-0.39, 0.29) is 18.7 Å². The molecule has 0 aromatic carbocycles. The van der Waals surface area contributed by atoms with E-state index in [0.29, 0.717) is 18.6 Å². The monoisotopic (exact) mass is 271 g/mol. The molecule has 1 aliphatic heterocycles. The lowest BCUT2D eigenvalue weighted by Gasteiger charge is -2.31. The quantitative estimate of drug-likeness (QED) is 0.765. The molecule has 0 saturated carbocycles. The minimum Gasteiger partial charge on any atom is -0.394 e. The fourth-order valence-electron chi connectivity index (χ4n) is 2.80. The number of hydrogen-bond acceptors (Lipinski definition) is 3. The summed E-state index contributed by atoms with van der Waals surface area (Å²) >= 11 is 0. The molecule has 1 fully saturated rings. The summed E-state index contributed by atoms with van der Waals surface area (Å²) in [6, 6.07) is 0.929. The Hall–Kier alpha value is -0.810. The van der Waals surface area contributed by atoms with Crippen molar-refractivity contribution in [3.8, 4) is 0 Å². The molecule has 1 saturated heterocycles. The van der Waals surface area contributed by atoms with Crippen LogP contribution in [0.3, 0.4) is 0 Å². The Balaban J connectivity index is 2.34. The molecular formula is C14H29N3O2. The first kappa shape index (κ1) is 16.2. The molecule has 2 N–H and O–H groups in total. The number of nitrogens with zero attached hydrogens (tertiary/aromatic N) is 2. The van der Waals surface area contributed by atoms with Crippen molar-refractivity contribution >= 4 is 6.03 Å². The van der Waals surface area contributed by atoms with Gasteiger partial charge < -0.3 is 15.3 Å². The maximum absolute atomic E-state index is 12.0. The van der Waals surface area contributed by atoms with Gasteiger partial charge in [-0.3, -0.25) is 4.90 Å². The van der Waals surface area contributed by atoms with Crippen LogP contribution < -0.4 is 5.32 Å². The number of nitrogens with one attached hydrogen (secondary N) is 1. The average molecular weight is 271 g/mol.